The maximum Gasteiger partial charge on any atom is 0.169 e. The second kappa shape index (κ2) is 17.0. The maximum atomic E-state index is 6.20. The van der Waals surface area contributed by atoms with Gasteiger partial charge < -0.3 is 44.6 Å². The average molecular weight is 753 g/mol. The van der Waals surface area contributed by atoms with Crippen molar-refractivity contribution in [1.82, 2.24) is 0 Å². The van der Waals surface area contributed by atoms with E-state index < -0.39 is 0 Å². The molecule has 0 heterocycles. The number of nitrogen functional groups attached to an aromatic ring is 2. The van der Waals surface area contributed by atoms with E-state index in [0.717, 1.165) is 0 Å². The Hall–Kier alpha value is -8.04. The molecule has 0 bridgehead atoms. The van der Waals surface area contributed by atoms with Crippen molar-refractivity contribution >= 4 is 11.4 Å². The Morgan fingerprint density at radius 1 is 0.193 bits per heavy atom. The van der Waals surface area contributed by atoms with Gasteiger partial charge in [-0.25, -0.2) is 0 Å². The lowest BCUT2D eigenvalue weighted by molar-refractivity contribution is 0.416. The molecule has 9 nitrogen and oxygen atoms in total. The van der Waals surface area contributed by atoms with E-state index in [2.05, 4.69) is 0 Å². The molecule has 0 aliphatic rings. The summed E-state index contributed by atoms with van der Waals surface area (Å²) in [6.07, 6.45) is 0. The van der Waals surface area contributed by atoms with Gasteiger partial charge >= 0.3 is 0 Å². The lowest BCUT2D eigenvalue weighted by Crippen LogP contribution is -1.92. The van der Waals surface area contributed by atoms with Crippen LogP contribution in [0.5, 0.6) is 80.5 Å². The molecule has 0 spiro atoms. The van der Waals surface area contributed by atoms with Crippen LogP contribution in [0.15, 0.2) is 194 Å². The summed E-state index contributed by atoms with van der Waals surface area (Å²) in [4.78, 5) is 0. The molecular formula is C48H36N2O7. The van der Waals surface area contributed by atoms with Crippen molar-refractivity contribution in [3.8, 4) is 80.5 Å². The first-order chi connectivity index (χ1) is 28.0. The van der Waals surface area contributed by atoms with Crippen molar-refractivity contribution in [2.75, 3.05) is 11.5 Å². The molecule has 0 aliphatic heterocycles. The van der Waals surface area contributed by atoms with Crippen LogP contribution in [-0.4, -0.2) is 0 Å². The summed E-state index contributed by atoms with van der Waals surface area (Å²) in [6.45, 7) is 0. The highest BCUT2D eigenvalue weighted by molar-refractivity contribution is 5.55. The molecule has 0 amide bonds. The Kier molecular flexibility index (Phi) is 10.7. The summed E-state index contributed by atoms with van der Waals surface area (Å²) in [5.41, 5.74) is 13.1. The van der Waals surface area contributed by atoms with E-state index in [1.54, 1.807) is 12.1 Å². The quantitative estimate of drug-likeness (QED) is 0.105. The van der Waals surface area contributed by atoms with Crippen LogP contribution in [0.1, 0.15) is 0 Å². The van der Waals surface area contributed by atoms with Crippen molar-refractivity contribution in [3.63, 3.8) is 0 Å². The monoisotopic (exact) mass is 752 g/mol. The zero-order valence-electron chi connectivity index (χ0n) is 30.5. The zero-order valence-corrected chi connectivity index (χ0v) is 30.5. The molecule has 9 heteroatoms. The SMILES string of the molecule is Nc1ccccc1Oc1ccc(Oc2ccccc2Oc2ccc(Oc3ccc(Oc4ccccc4Oc4ccc(Oc5ccccc5N)cc4)cc3)cc2)cc1. The van der Waals surface area contributed by atoms with E-state index in [0.29, 0.717) is 91.9 Å². The average Bonchev–Trinajstić information content (AvgIpc) is 3.24. The van der Waals surface area contributed by atoms with Gasteiger partial charge in [-0.1, -0.05) is 48.5 Å². The molecule has 8 aromatic rings. The van der Waals surface area contributed by atoms with E-state index in [1.807, 2.05) is 182 Å². The third-order valence-corrected chi connectivity index (χ3v) is 8.43. The van der Waals surface area contributed by atoms with E-state index in [9.17, 15) is 0 Å². The van der Waals surface area contributed by atoms with Crippen LogP contribution in [0, 0.1) is 0 Å². The third-order valence-electron chi connectivity index (χ3n) is 8.43. The number of hydrogen-bond donors (Lipinski definition) is 2. The van der Waals surface area contributed by atoms with Gasteiger partial charge in [0.15, 0.2) is 23.0 Å². The van der Waals surface area contributed by atoms with E-state index >= 15 is 0 Å². The molecule has 8 rings (SSSR count). The molecule has 0 saturated heterocycles. The van der Waals surface area contributed by atoms with E-state index in [1.165, 1.54) is 0 Å². The number of nitrogens with two attached hydrogens (primary N) is 2. The number of anilines is 2. The first kappa shape index (κ1) is 36.0. The van der Waals surface area contributed by atoms with Gasteiger partial charge in [-0.05, 0) is 146 Å². The number of ether oxygens (including phenoxy) is 7. The van der Waals surface area contributed by atoms with Crippen LogP contribution in [-0.2, 0) is 0 Å². The molecule has 8 aromatic carbocycles. The summed E-state index contributed by atoms with van der Waals surface area (Å²) in [7, 11) is 0. The highest BCUT2D eigenvalue weighted by atomic mass is 16.5. The molecule has 57 heavy (non-hydrogen) atoms. The number of benzene rings is 8. The van der Waals surface area contributed by atoms with Crippen molar-refractivity contribution < 1.29 is 33.2 Å². The van der Waals surface area contributed by atoms with Gasteiger partial charge in [0.25, 0.3) is 0 Å². The van der Waals surface area contributed by atoms with Crippen molar-refractivity contribution in [2.45, 2.75) is 0 Å². The third kappa shape index (κ3) is 9.37. The van der Waals surface area contributed by atoms with Gasteiger partial charge in [-0.15, -0.1) is 0 Å². The number of hydrogen-bond acceptors (Lipinski definition) is 9. The maximum absolute atomic E-state index is 6.20. The van der Waals surface area contributed by atoms with Gasteiger partial charge in [0.1, 0.15) is 57.5 Å². The molecular weight excluding hydrogens is 717 g/mol. The van der Waals surface area contributed by atoms with Crippen molar-refractivity contribution in [1.29, 1.82) is 0 Å². The molecule has 4 N–H and O–H groups in total. The summed E-state index contributed by atoms with van der Waals surface area (Å²) < 4.78 is 42.6. The smallest absolute Gasteiger partial charge is 0.169 e. The summed E-state index contributed by atoms with van der Waals surface area (Å²) in [5, 5.41) is 0. The predicted molar refractivity (Wildman–Crippen MR) is 221 cm³/mol. The Labute approximate surface area is 329 Å². The molecule has 0 aromatic heterocycles. The summed E-state index contributed by atoms with van der Waals surface area (Å²) in [5.74, 6) is 8.48. The Morgan fingerprint density at radius 2 is 0.368 bits per heavy atom. The lowest BCUT2D eigenvalue weighted by atomic mass is 10.2. The minimum Gasteiger partial charge on any atom is -0.457 e. The Morgan fingerprint density at radius 3 is 0.596 bits per heavy atom. The zero-order chi connectivity index (χ0) is 38.8. The van der Waals surface area contributed by atoms with E-state index in [4.69, 9.17) is 44.6 Å². The lowest BCUT2D eigenvalue weighted by Gasteiger charge is -2.14. The fraction of sp³-hybridized carbons (Fsp3) is 0. The number of para-hydroxylation sites is 8. The normalized spacial score (nSPS) is 10.6. The van der Waals surface area contributed by atoms with Crippen LogP contribution in [0.2, 0.25) is 0 Å². The van der Waals surface area contributed by atoms with Crippen LogP contribution in [0.25, 0.3) is 0 Å². The second-order valence-corrected chi connectivity index (χ2v) is 12.6. The second-order valence-electron chi connectivity index (χ2n) is 12.6. The molecule has 0 aliphatic carbocycles. The molecule has 0 radical (unpaired) electrons. The topological polar surface area (TPSA) is 117 Å². The first-order valence-corrected chi connectivity index (χ1v) is 18.0. The van der Waals surface area contributed by atoms with Gasteiger partial charge in [-0.2, -0.15) is 0 Å². The van der Waals surface area contributed by atoms with Crippen LogP contribution < -0.4 is 44.6 Å². The Balaban J connectivity index is 0.850. The molecule has 0 unspecified atom stereocenters. The number of rotatable bonds is 14. The summed E-state index contributed by atoms with van der Waals surface area (Å²) >= 11 is 0. The van der Waals surface area contributed by atoms with Crippen molar-refractivity contribution in [2.24, 2.45) is 0 Å². The fourth-order valence-corrected chi connectivity index (χ4v) is 5.59. The van der Waals surface area contributed by atoms with Crippen LogP contribution in [0.3, 0.4) is 0 Å². The highest BCUT2D eigenvalue weighted by Crippen LogP contribution is 2.39. The molecule has 0 fully saturated rings. The minimum atomic E-state index is 0.559. The van der Waals surface area contributed by atoms with Crippen LogP contribution >= 0.6 is 0 Å². The van der Waals surface area contributed by atoms with Crippen molar-refractivity contribution in [3.05, 3.63) is 194 Å². The van der Waals surface area contributed by atoms with Gasteiger partial charge in [-0.3, -0.25) is 0 Å². The van der Waals surface area contributed by atoms with E-state index in [-0.39, 0.29) is 0 Å². The molecule has 0 saturated carbocycles. The van der Waals surface area contributed by atoms with Crippen LogP contribution in [0.4, 0.5) is 11.4 Å². The fourth-order valence-electron chi connectivity index (χ4n) is 5.59. The van der Waals surface area contributed by atoms with Gasteiger partial charge in [0.05, 0.1) is 11.4 Å². The first-order valence-electron chi connectivity index (χ1n) is 18.0. The minimum absolute atomic E-state index is 0.559. The Bertz CT molecular complexity index is 2380. The predicted octanol–water partition coefficient (Wildman–Crippen LogP) is 13.4. The van der Waals surface area contributed by atoms with Gasteiger partial charge in [0, 0.05) is 0 Å². The molecule has 0 atom stereocenters. The molecule has 280 valence electrons. The van der Waals surface area contributed by atoms with Gasteiger partial charge in [0.2, 0.25) is 0 Å². The standard InChI is InChI=1S/C48H36N2O7/c49-41-9-1-3-11-43(41)52-35-25-29-39(30-26-35)56-47-15-7-5-13-45(47)54-37-21-17-33(18-22-37)51-34-19-23-38(24-20-34)55-46-14-6-8-16-48(46)57-40-31-27-36(28-32-40)53-44-12-4-2-10-42(44)50/h1-32H,49-50H2. The highest BCUT2D eigenvalue weighted by Gasteiger charge is 2.11. The summed E-state index contributed by atoms with van der Waals surface area (Å²) in [6, 6.07) is 58.9. The largest absolute Gasteiger partial charge is 0.457 e.